The Labute approximate surface area is 134 Å². The van der Waals surface area contributed by atoms with Crippen LogP contribution in [0.25, 0.3) is 0 Å². The summed E-state index contributed by atoms with van der Waals surface area (Å²) >= 11 is 1.91. The van der Waals surface area contributed by atoms with Crippen LogP contribution in [-0.4, -0.2) is 24.1 Å². The van der Waals surface area contributed by atoms with Crippen LogP contribution in [0.4, 0.5) is 5.13 Å². The second-order valence-corrected chi connectivity index (χ2v) is 7.70. The maximum absolute atomic E-state index is 5.03. The first-order valence-electron chi connectivity index (χ1n) is 8.53. The van der Waals surface area contributed by atoms with Gasteiger partial charge in [-0.15, -0.1) is 11.3 Å². The first kappa shape index (κ1) is 16.8. The maximum Gasteiger partial charge on any atom is 0.186 e. The van der Waals surface area contributed by atoms with E-state index in [0.29, 0.717) is 12.0 Å². The molecule has 0 aromatic carbocycles. The van der Waals surface area contributed by atoms with Crippen molar-refractivity contribution in [3.8, 4) is 0 Å². The normalized spacial score (nSPS) is 23.8. The molecule has 21 heavy (non-hydrogen) atoms. The Morgan fingerprint density at radius 3 is 2.71 bits per heavy atom. The zero-order valence-corrected chi connectivity index (χ0v) is 15.1. The Balaban J connectivity index is 2.18. The number of hydrogen-bond acceptors (Lipinski definition) is 4. The van der Waals surface area contributed by atoms with Gasteiger partial charge in [0.25, 0.3) is 0 Å². The summed E-state index contributed by atoms with van der Waals surface area (Å²) in [5.41, 5.74) is 1.33. The van der Waals surface area contributed by atoms with Gasteiger partial charge in [0.15, 0.2) is 5.13 Å². The number of anilines is 1. The summed E-state index contributed by atoms with van der Waals surface area (Å²) in [7, 11) is 0. The number of thiazole rings is 1. The molecule has 0 radical (unpaired) electrons. The molecule has 3 unspecified atom stereocenters. The summed E-state index contributed by atoms with van der Waals surface area (Å²) in [6.07, 6.45) is 3.64. The van der Waals surface area contributed by atoms with Crippen molar-refractivity contribution in [2.24, 2.45) is 5.92 Å². The van der Waals surface area contributed by atoms with E-state index in [4.69, 9.17) is 4.98 Å². The van der Waals surface area contributed by atoms with Crippen molar-refractivity contribution in [3.63, 3.8) is 0 Å². The summed E-state index contributed by atoms with van der Waals surface area (Å²) in [5, 5.41) is 4.79. The van der Waals surface area contributed by atoms with Crippen LogP contribution in [0, 0.1) is 5.92 Å². The monoisotopic (exact) mass is 309 g/mol. The third kappa shape index (κ3) is 3.98. The lowest BCUT2D eigenvalue weighted by atomic mass is 10.0. The molecule has 1 aromatic rings. The SMILES string of the molecule is CCCNCc1sc(N2CC(C)CC2C)nc1C(C)CC. The van der Waals surface area contributed by atoms with Crippen LogP contribution in [0.1, 0.15) is 70.4 Å². The second-order valence-electron chi connectivity index (χ2n) is 6.63. The fraction of sp³-hybridized carbons (Fsp3) is 0.824. The fourth-order valence-electron chi connectivity index (χ4n) is 3.12. The van der Waals surface area contributed by atoms with E-state index in [1.54, 1.807) is 0 Å². The van der Waals surface area contributed by atoms with Crippen molar-refractivity contribution >= 4 is 16.5 Å². The highest BCUT2D eigenvalue weighted by molar-refractivity contribution is 7.15. The molecule has 0 spiro atoms. The Bertz CT molecular complexity index is 443. The number of nitrogens with zero attached hydrogens (tertiary/aromatic N) is 2. The Morgan fingerprint density at radius 2 is 2.14 bits per heavy atom. The number of aromatic nitrogens is 1. The predicted molar refractivity (Wildman–Crippen MR) is 93.4 cm³/mol. The number of rotatable bonds is 7. The average Bonchev–Trinajstić information content (AvgIpc) is 3.01. The highest BCUT2D eigenvalue weighted by atomic mass is 32.1. The van der Waals surface area contributed by atoms with Crippen molar-refractivity contribution in [2.75, 3.05) is 18.0 Å². The first-order valence-corrected chi connectivity index (χ1v) is 9.35. The van der Waals surface area contributed by atoms with Crippen LogP contribution >= 0.6 is 11.3 Å². The van der Waals surface area contributed by atoms with E-state index in [2.05, 4.69) is 44.8 Å². The highest BCUT2D eigenvalue weighted by Gasteiger charge is 2.29. The predicted octanol–water partition coefficient (Wildman–Crippen LogP) is 4.39. The molecule has 0 saturated carbocycles. The molecule has 1 fully saturated rings. The third-order valence-electron chi connectivity index (χ3n) is 4.54. The molecule has 2 rings (SSSR count). The number of hydrogen-bond donors (Lipinski definition) is 1. The van der Waals surface area contributed by atoms with Crippen LogP contribution in [-0.2, 0) is 6.54 Å². The van der Waals surface area contributed by atoms with Crippen molar-refractivity contribution in [1.29, 1.82) is 0 Å². The molecule has 4 heteroatoms. The van der Waals surface area contributed by atoms with Crippen molar-refractivity contribution in [1.82, 2.24) is 10.3 Å². The molecule has 0 aliphatic carbocycles. The maximum atomic E-state index is 5.03. The van der Waals surface area contributed by atoms with E-state index in [1.807, 2.05) is 11.3 Å². The lowest BCUT2D eigenvalue weighted by Gasteiger charge is -2.20. The van der Waals surface area contributed by atoms with Gasteiger partial charge in [-0.2, -0.15) is 0 Å². The van der Waals surface area contributed by atoms with Crippen molar-refractivity contribution < 1.29 is 0 Å². The lowest BCUT2D eigenvalue weighted by molar-refractivity contribution is 0.625. The van der Waals surface area contributed by atoms with Gasteiger partial charge in [-0.1, -0.05) is 27.7 Å². The van der Waals surface area contributed by atoms with Gasteiger partial charge in [-0.05, 0) is 44.6 Å². The van der Waals surface area contributed by atoms with E-state index in [9.17, 15) is 0 Å². The minimum Gasteiger partial charge on any atom is -0.345 e. The molecule has 0 amide bonds. The standard InChI is InChI=1S/C17H31N3S/c1-6-8-18-10-15-16(13(4)7-2)19-17(21-15)20-11-12(3)9-14(20)5/h12-14,18H,6-11H2,1-5H3. The van der Waals surface area contributed by atoms with E-state index in [0.717, 1.165) is 32.0 Å². The largest absolute Gasteiger partial charge is 0.345 e. The summed E-state index contributed by atoms with van der Waals surface area (Å²) in [5.74, 6) is 1.35. The smallest absolute Gasteiger partial charge is 0.186 e. The fourth-order valence-corrected chi connectivity index (χ4v) is 4.39. The summed E-state index contributed by atoms with van der Waals surface area (Å²) in [6.45, 7) is 14.7. The minimum atomic E-state index is 0.559. The van der Waals surface area contributed by atoms with Gasteiger partial charge in [0, 0.05) is 24.0 Å². The van der Waals surface area contributed by atoms with Gasteiger partial charge in [0.05, 0.1) is 5.69 Å². The average molecular weight is 310 g/mol. The topological polar surface area (TPSA) is 28.2 Å². The molecule has 1 saturated heterocycles. The Kier molecular flexibility index (Phi) is 6.06. The molecular formula is C17H31N3S. The molecule has 2 heterocycles. The molecule has 0 bridgehead atoms. The van der Waals surface area contributed by atoms with Crippen molar-refractivity contribution in [3.05, 3.63) is 10.6 Å². The summed E-state index contributed by atoms with van der Waals surface area (Å²) in [6, 6.07) is 0.632. The zero-order valence-electron chi connectivity index (χ0n) is 14.3. The van der Waals surface area contributed by atoms with Crippen LogP contribution < -0.4 is 10.2 Å². The molecular weight excluding hydrogens is 278 g/mol. The molecule has 120 valence electrons. The highest BCUT2D eigenvalue weighted by Crippen LogP contribution is 2.36. The molecule has 1 aliphatic heterocycles. The van der Waals surface area contributed by atoms with Crippen molar-refractivity contribution in [2.45, 2.75) is 72.4 Å². The summed E-state index contributed by atoms with van der Waals surface area (Å²) in [4.78, 5) is 8.99. The van der Waals surface area contributed by atoms with Gasteiger partial charge in [0.1, 0.15) is 0 Å². The molecule has 3 nitrogen and oxygen atoms in total. The zero-order chi connectivity index (χ0) is 15.4. The van der Waals surface area contributed by atoms with Gasteiger partial charge in [0.2, 0.25) is 0 Å². The number of nitrogens with one attached hydrogen (secondary N) is 1. The van der Waals surface area contributed by atoms with Crippen LogP contribution in [0.2, 0.25) is 0 Å². The molecule has 1 aliphatic rings. The van der Waals surface area contributed by atoms with Gasteiger partial charge in [-0.25, -0.2) is 4.98 Å². The van der Waals surface area contributed by atoms with E-state index < -0.39 is 0 Å². The third-order valence-corrected chi connectivity index (χ3v) is 5.65. The quantitative estimate of drug-likeness (QED) is 0.757. The lowest BCUT2D eigenvalue weighted by Crippen LogP contribution is -2.26. The first-order chi connectivity index (χ1) is 10.1. The van der Waals surface area contributed by atoms with E-state index in [1.165, 1.54) is 28.5 Å². The van der Waals surface area contributed by atoms with Gasteiger partial charge >= 0.3 is 0 Å². The van der Waals surface area contributed by atoms with Gasteiger partial charge < -0.3 is 10.2 Å². The molecule has 1 N–H and O–H groups in total. The summed E-state index contributed by atoms with van der Waals surface area (Å²) < 4.78 is 0. The molecule has 1 aromatic heterocycles. The van der Waals surface area contributed by atoms with Crippen LogP contribution in [0.15, 0.2) is 0 Å². The van der Waals surface area contributed by atoms with E-state index >= 15 is 0 Å². The van der Waals surface area contributed by atoms with Crippen LogP contribution in [0.5, 0.6) is 0 Å². The van der Waals surface area contributed by atoms with Gasteiger partial charge in [-0.3, -0.25) is 0 Å². The Hall–Kier alpha value is -0.610. The van der Waals surface area contributed by atoms with E-state index in [-0.39, 0.29) is 0 Å². The second kappa shape index (κ2) is 7.59. The van der Waals surface area contributed by atoms with Crippen LogP contribution in [0.3, 0.4) is 0 Å². The Morgan fingerprint density at radius 1 is 1.38 bits per heavy atom. The minimum absolute atomic E-state index is 0.559. The molecule has 3 atom stereocenters.